The summed E-state index contributed by atoms with van der Waals surface area (Å²) in [5.41, 5.74) is 0.438. The van der Waals surface area contributed by atoms with Crippen molar-refractivity contribution in [3.05, 3.63) is 12.7 Å². The lowest BCUT2D eigenvalue weighted by Crippen LogP contribution is -2.38. The highest BCUT2D eigenvalue weighted by Gasteiger charge is 2.44. The Hall–Kier alpha value is -0.770. The third-order valence-corrected chi connectivity index (χ3v) is 7.03. The van der Waals surface area contributed by atoms with Crippen LogP contribution in [-0.2, 0) is 14.3 Å². The van der Waals surface area contributed by atoms with Crippen molar-refractivity contribution in [2.24, 2.45) is 11.3 Å². The van der Waals surface area contributed by atoms with Gasteiger partial charge in [-0.2, -0.15) is 11.8 Å². The smallest absolute Gasteiger partial charge is 0.306 e. The van der Waals surface area contributed by atoms with Crippen LogP contribution in [-0.4, -0.2) is 29.9 Å². The standard InChI is InChI=1S/C19H30O3S/c1-3-4-7-16(20)15-14-19(10-5-6-11-19)12-8-17(15)23-13-9-18(21)22-2/h3,15,17H,1,4-14H2,2H3. The van der Waals surface area contributed by atoms with Crippen LogP contribution in [0.2, 0.25) is 0 Å². The van der Waals surface area contributed by atoms with Gasteiger partial charge in [0.25, 0.3) is 0 Å². The van der Waals surface area contributed by atoms with Crippen molar-refractivity contribution in [1.29, 1.82) is 0 Å². The summed E-state index contributed by atoms with van der Waals surface area (Å²) in [6, 6.07) is 0. The fourth-order valence-electron chi connectivity index (χ4n) is 4.27. The van der Waals surface area contributed by atoms with Crippen molar-refractivity contribution in [2.45, 2.75) is 69.5 Å². The zero-order valence-electron chi connectivity index (χ0n) is 14.4. The third-order valence-electron chi connectivity index (χ3n) is 5.60. The minimum atomic E-state index is -0.157. The maximum absolute atomic E-state index is 12.7. The fourth-order valence-corrected chi connectivity index (χ4v) is 5.63. The molecule has 0 amide bonds. The summed E-state index contributed by atoms with van der Waals surface area (Å²) in [5.74, 6) is 1.18. The number of thioether (sulfide) groups is 1. The zero-order valence-corrected chi connectivity index (χ0v) is 15.2. The van der Waals surface area contributed by atoms with Gasteiger partial charge >= 0.3 is 5.97 Å². The normalized spacial score (nSPS) is 26.1. The van der Waals surface area contributed by atoms with Crippen molar-refractivity contribution in [3.8, 4) is 0 Å². The van der Waals surface area contributed by atoms with Crippen molar-refractivity contribution in [2.75, 3.05) is 12.9 Å². The molecular formula is C19H30O3S. The molecule has 2 rings (SSSR count). The largest absolute Gasteiger partial charge is 0.469 e. The molecule has 0 aromatic heterocycles. The number of Topliss-reactive ketones (excluding diaryl/α,β-unsaturated/α-hetero) is 1. The molecule has 2 atom stereocenters. The average molecular weight is 339 g/mol. The maximum Gasteiger partial charge on any atom is 0.306 e. The lowest BCUT2D eigenvalue weighted by atomic mass is 9.67. The molecule has 1 spiro atoms. The Balaban J connectivity index is 1.95. The van der Waals surface area contributed by atoms with Gasteiger partial charge in [0.2, 0.25) is 0 Å². The third kappa shape index (κ3) is 5.10. The second kappa shape index (κ2) is 8.91. The second-order valence-electron chi connectivity index (χ2n) is 7.09. The Labute approximate surface area is 144 Å². The number of esters is 1. The Morgan fingerprint density at radius 1 is 1.26 bits per heavy atom. The molecule has 3 nitrogen and oxygen atoms in total. The molecule has 2 saturated carbocycles. The average Bonchev–Trinajstić information content (AvgIpc) is 3.01. The quantitative estimate of drug-likeness (QED) is 0.481. The van der Waals surface area contributed by atoms with Crippen LogP contribution < -0.4 is 0 Å². The van der Waals surface area contributed by atoms with Crippen LogP contribution in [0.1, 0.15) is 64.2 Å². The summed E-state index contributed by atoms with van der Waals surface area (Å²) in [4.78, 5) is 24.0. The van der Waals surface area contributed by atoms with Gasteiger partial charge in [0.15, 0.2) is 0 Å². The minimum absolute atomic E-state index is 0.157. The molecule has 4 heteroatoms. The summed E-state index contributed by atoms with van der Waals surface area (Å²) in [6.45, 7) is 3.74. The second-order valence-corrected chi connectivity index (χ2v) is 8.43. The van der Waals surface area contributed by atoms with E-state index in [4.69, 9.17) is 4.74 Å². The Morgan fingerprint density at radius 2 is 2.00 bits per heavy atom. The van der Waals surface area contributed by atoms with Crippen molar-refractivity contribution in [3.63, 3.8) is 0 Å². The first-order valence-corrected chi connectivity index (χ1v) is 9.97. The van der Waals surface area contributed by atoms with Crippen LogP contribution in [0.4, 0.5) is 0 Å². The van der Waals surface area contributed by atoms with Gasteiger partial charge < -0.3 is 4.74 Å². The molecule has 2 aliphatic rings. The Kier molecular flexibility index (Phi) is 7.19. The molecule has 2 unspecified atom stereocenters. The monoisotopic (exact) mass is 338 g/mol. The number of carbonyl (C=O) groups is 2. The summed E-state index contributed by atoms with van der Waals surface area (Å²) in [6.07, 6.45) is 12.4. The van der Waals surface area contributed by atoms with E-state index in [1.165, 1.54) is 39.2 Å². The number of ketones is 1. The van der Waals surface area contributed by atoms with E-state index in [2.05, 4.69) is 6.58 Å². The first kappa shape index (κ1) is 18.6. The van der Waals surface area contributed by atoms with E-state index in [-0.39, 0.29) is 11.9 Å². The molecule has 0 aromatic carbocycles. The van der Waals surface area contributed by atoms with E-state index in [1.54, 1.807) is 11.8 Å². The highest BCUT2D eigenvalue weighted by molar-refractivity contribution is 7.99. The van der Waals surface area contributed by atoms with Crippen molar-refractivity contribution >= 4 is 23.5 Å². The van der Waals surface area contributed by atoms with E-state index in [0.29, 0.717) is 29.3 Å². The topological polar surface area (TPSA) is 43.4 Å². The SMILES string of the molecule is C=CCCC(=O)C1CC2(CCCC2)CCC1SCCC(=O)OC. The predicted molar refractivity (Wildman–Crippen MR) is 95.6 cm³/mol. The van der Waals surface area contributed by atoms with Crippen molar-refractivity contribution in [1.82, 2.24) is 0 Å². The molecule has 23 heavy (non-hydrogen) atoms. The molecule has 0 saturated heterocycles. The number of ether oxygens (including phenoxy) is 1. The first-order valence-electron chi connectivity index (χ1n) is 8.92. The molecule has 130 valence electrons. The van der Waals surface area contributed by atoms with E-state index >= 15 is 0 Å². The number of allylic oxidation sites excluding steroid dienone is 1. The Bertz CT molecular complexity index is 426. The summed E-state index contributed by atoms with van der Waals surface area (Å²) >= 11 is 1.81. The lowest BCUT2D eigenvalue weighted by Gasteiger charge is -2.42. The number of rotatable bonds is 8. The summed E-state index contributed by atoms with van der Waals surface area (Å²) < 4.78 is 4.71. The molecule has 0 bridgehead atoms. The molecule has 2 aliphatic carbocycles. The van der Waals surface area contributed by atoms with Gasteiger partial charge in [-0.1, -0.05) is 18.9 Å². The van der Waals surface area contributed by atoms with Crippen LogP contribution >= 0.6 is 11.8 Å². The number of carbonyl (C=O) groups excluding carboxylic acids is 2. The molecule has 0 aliphatic heterocycles. The van der Waals surface area contributed by atoms with E-state index in [9.17, 15) is 9.59 Å². The van der Waals surface area contributed by atoms with Gasteiger partial charge in [-0.15, -0.1) is 6.58 Å². The Morgan fingerprint density at radius 3 is 2.65 bits per heavy atom. The van der Waals surface area contributed by atoms with Gasteiger partial charge in [0, 0.05) is 23.3 Å². The maximum atomic E-state index is 12.7. The van der Waals surface area contributed by atoms with Crippen LogP contribution in [0.5, 0.6) is 0 Å². The van der Waals surface area contributed by atoms with Crippen LogP contribution in [0.15, 0.2) is 12.7 Å². The lowest BCUT2D eigenvalue weighted by molar-refractivity contribution is -0.140. The molecule has 0 N–H and O–H groups in total. The van der Waals surface area contributed by atoms with E-state index in [0.717, 1.165) is 25.0 Å². The molecule has 0 heterocycles. The summed E-state index contributed by atoms with van der Waals surface area (Å²) in [7, 11) is 1.43. The minimum Gasteiger partial charge on any atom is -0.469 e. The first-order chi connectivity index (χ1) is 11.1. The zero-order chi connectivity index (χ0) is 16.7. The molecule has 0 radical (unpaired) electrons. The van der Waals surface area contributed by atoms with Gasteiger partial charge in [-0.25, -0.2) is 0 Å². The molecular weight excluding hydrogens is 308 g/mol. The number of hydrogen-bond donors (Lipinski definition) is 0. The van der Waals surface area contributed by atoms with Gasteiger partial charge in [-0.05, 0) is 43.9 Å². The predicted octanol–water partition coefficient (Wildman–Crippen LogP) is 4.55. The highest BCUT2D eigenvalue weighted by atomic mass is 32.2. The van der Waals surface area contributed by atoms with Crippen molar-refractivity contribution < 1.29 is 14.3 Å². The number of methoxy groups -OCH3 is 1. The van der Waals surface area contributed by atoms with E-state index in [1.807, 2.05) is 6.08 Å². The van der Waals surface area contributed by atoms with Crippen LogP contribution in [0.3, 0.4) is 0 Å². The van der Waals surface area contributed by atoms with Gasteiger partial charge in [-0.3, -0.25) is 9.59 Å². The summed E-state index contributed by atoms with van der Waals surface area (Å²) in [5, 5.41) is 0.378. The highest BCUT2D eigenvalue weighted by Crippen LogP contribution is 2.53. The number of hydrogen-bond acceptors (Lipinski definition) is 4. The van der Waals surface area contributed by atoms with Gasteiger partial charge in [0.1, 0.15) is 5.78 Å². The van der Waals surface area contributed by atoms with Gasteiger partial charge in [0.05, 0.1) is 13.5 Å². The van der Waals surface area contributed by atoms with Crippen LogP contribution in [0.25, 0.3) is 0 Å². The molecule has 2 fully saturated rings. The van der Waals surface area contributed by atoms with E-state index < -0.39 is 0 Å². The molecule has 0 aromatic rings. The van der Waals surface area contributed by atoms with Crippen LogP contribution in [0, 0.1) is 11.3 Å². The fraction of sp³-hybridized carbons (Fsp3) is 0.789.